The van der Waals surface area contributed by atoms with Crippen molar-refractivity contribution in [3.63, 3.8) is 0 Å². The molecule has 0 radical (unpaired) electrons. The van der Waals surface area contributed by atoms with E-state index in [9.17, 15) is 10.4 Å². The van der Waals surface area contributed by atoms with Gasteiger partial charge in [0.1, 0.15) is 0 Å². The van der Waals surface area contributed by atoms with Crippen LogP contribution < -0.4 is 0 Å². The topological polar surface area (TPSA) is 44.0 Å². The smallest absolute Gasteiger partial charge is 0.0835 e. The molecule has 0 saturated heterocycles. The van der Waals surface area contributed by atoms with Gasteiger partial charge in [0.25, 0.3) is 0 Å². The molecule has 2 saturated carbocycles. The molecule has 2 aliphatic rings. The molecule has 0 aromatic carbocycles. The number of hydrogen-bond acceptors (Lipinski definition) is 2. The molecule has 2 aliphatic carbocycles. The molecule has 15 heavy (non-hydrogen) atoms. The van der Waals surface area contributed by atoms with E-state index >= 15 is 0 Å². The van der Waals surface area contributed by atoms with Crippen LogP contribution in [0.25, 0.3) is 0 Å². The molecule has 0 amide bonds. The fraction of sp³-hybridized carbons (Fsp3) is 0.923. The van der Waals surface area contributed by atoms with E-state index in [0.717, 1.165) is 38.0 Å². The molecule has 0 aromatic heterocycles. The zero-order valence-corrected chi connectivity index (χ0v) is 9.58. The van der Waals surface area contributed by atoms with Gasteiger partial charge < -0.3 is 5.11 Å². The Bertz CT molecular complexity index is 264. The standard InChI is InChI=1S/C13H21NO/c1-10-4-2-5-11(8-10)12(15)13(9-14)6-3-7-13/h10-12,15H,2-8H2,1H3. The SMILES string of the molecule is CC1CCCC(C(O)C2(C#N)CCC2)C1. The molecule has 0 aromatic rings. The van der Waals surface area contributed by atoms with Crippen LogP contribution in [-0.4, -0.2) is 11.2 Å². The van der Waals surface area contributed by atoms with Crippen LogP contribution in [0, 0.1) is 28.6 Å². The lowest BCUT2D eigenvalue weighted by Gasteiger charge is -2.44. The second-order valence-electron chi connectivity index (χ2n) is 5.60. The Hall–Kier alpha value is -0.550. The van der Waals surface area contributed by atoms with Crippen LogP contribution in [0.2, 0.25) is 0 Å². The van der Waals surface area contributed by atoms with Crippen molar-refractivity contribution >= 4 is 0 Å². The molecule has 0 bridgehead atoms. The van der Waals surface area contributed by atoms with Gasteiger partial charge in [-0.2, -0.15) is 5.26 Å². The van der Waals surface area contributed by atoms with Crippen molar-refractivity contribution in [1.82, 2.24) is 0 Å². The average molecular weight is 207 g/mol. The first-order valence-corrected chi connectivity index (χ1v) is 6.27. The molecule has 2 nitrogen and oxygen atoms in total. The van der Waals surface area contributed by atoms with Crippen LogP contribution in [0.1, 0.15) is 51.9 Å². The van der Waals surface area contributed by atoms with E-state index < -0.39 is 0 Å². The number of aliphatic hydroxyl groups is 1. The van der Waals surface area contributed by atoms with Gasteiger partial charge in [0.2, 0.25) is 0 Å². The minimum Gasteiger partial charge on any atom is -0.391 e. The molecule has 0 aliphatic heterocycles. The van der Waals surface area contributed by atoms with Crippen LogP contribution in [0.15, 0.2) is 0 Å². The summed E-state index contributed by atoms with van der Waals surface area (Å²) in [6, 6.07) is 2.38. The first-order valence-electron chi connectivity index (χ1n) is 6.27. The Balaban J connectivity index is 2.00. The fourth-order valence-electron chi connectivity index (χ4n) is 3.25. The fourth-order valence-corrected chi connectivity index (χ4v) is 3.25. The lowest BCUT2D eigenvalue weighted by Crippen LogP contribution is -2.45. The maximum absolute atomic E-state index is 10.3. The Morgan fingerprint density at radius 3 is 2.53 bits per heavy atom. The zero-order chi connectivity index (χ0) is 10.9. The highest BCUT2D eigenvalue weighted by Gasteiger charge is 2.47. The van der Waals surface area contributed by atoms with Gasteiger partial charge in [-0.3, -0.25) is 0 Å². The van der Waals surface area contributed by atoms with Crippen molar-refractivity contribution in [3.8, 4) is 6.07 Å². The Morgan fingerprint density at radius 1 is 1.33 bits per heavy atom. The van der Waals surface area contributed by atoms with Crippen LogP contribution in [0.3, 0.4) is 0 Å². The number of aliphatic hydroxyl groups excluding tert-OH is 1. The van der Waals surface area contributed by atoms with Gasteiger partial charge >= 0.3 is 0 Å². The van der Waals surface area contributed by atoms with Gasteiger partial charge in [0.15, 0.2) is 0 Å². The summed E-state index contributed by atoms with van der Waals surface area (Å²) in [5.74, 6) is 1.11. The summed E-state index contributed by atoms with van der Waals surface area (Å²) in [6.45, 7) is 2.26. The summed E-state index contributed by atoms with van der Waals surface area (Å²) in [5.41, 5.74) is -0.373. The molecule has 0 spiro atoms. The number of nitriles is 1. The summed E-state index contributed by atoms with van der Waals surface area (Å²) in [7, 11) is 0. The first-order chi connectivity index (χ1) is 7.18. The summed E-state index contributed by atoms with van der Waals surface area (Å²) >= 11 is 0. The quantitative estimate of drug-likeness (QED) is 0.756. The molecule has 3 atom stereocenters. The third kappa shape index (κ3) is 1.90. The molecule has 3 unspecified atom stereocenters. The predicted octanol–water partition coefficient (Wildman–Crippen LogP) is 2.87. The molecular formula is C13H21NO. The van der Waals surface area contributed by atoms with Gasteiger partial charge in [0.05, 0.1) is 17.6 Å². The van der Waals surface area contributed by atoms with Crippen molar-refractivity contribution in [2.75, 3.05) is 0 Å². The van der Waals surface area contributed by atoms with Crippen molar-refractivity contribution in [2.45, 2.75) is 58.0 Å². The van der Waals surface area contributed by atoms with E-state index in [0.29, 0.717) is 5.92 Å². The Kier molecular flexibility index (Phi) is 3.02. The summed E-state index contributed by atoms with van der Waals surface area (Å²) in [6.07, 6.45) is 7.34. The molecule has 1 N–H and O–H groups in total. The second kappa shape index (κ2) is 4.14. The molecule has 0 heterocycles. The van der Waals surface area contributed by atoms with Gasteiger partial charge in [-0.15, -0.1) is 0 Å². The van der Waals surface area contributed by atoms with Gasteiger partial charge in [0, 0.05) is 0 Å². The second-order valence-corrected chi connectivity index (χ2v) is 5.60. The van der Waals surface area contributed by atoms with Crippen LogP contribution in [0.5, 0.6) is 0 Å². The normalized spacial score (nSPS) is 36.3. The lowest BCUT2D eigenvalue weighted by atomic mass is 9.61. The molecule has 2 fully saturated rings. The van der Waals surface area contributed by atoms with E-state index in [4.69, 9.17) is 0 Å². The molecule has 2 heteroatoms. The Labute approximate surface area is 92.3 Å². The number of hydrogen-bond donors (Lipinski definition) is 1. The van der Waals surface area contributed by atoms with E-state index in [2.05, 4.69) is 13.0 Å². The molecule has 2 rings (SSSR count). The third-order valence-electron chi connectivity index (χ3n) is 4.46. The van der Waals surface area contributed by atoms with Crippen LogP contribution in [-0.2, 0) is 0 Å². The Morgan fingerprint density at radius 2 is 2.07 bits per heavy atom. The largest absolute Gasteiger partial charge is 0.391 e. The summed E-state index contributed by atoms with van der Waals surface area (Å²) < 4.78 is 0. The molecular weight excluding hydrogens is 186 g/mol. The first kappa shape index (κ1) is 11.0. The third-order valence-corrected chi connectivity index (χ3v) is 4.46. The monoisotopic (exact) mass is 207 g/mol. The lowest BCUT2D eigenvalue weighted by molar-refractivity contribution is -0.0459. The van der Waals surface area contributed by atoms with Crippen LogP contribution in [0.4, 0.5) is 0 Å². The van der Waals surface area contributed by atoms with Crippen molar-refractivity contribution in [2.24, 2.45) is 17.3 Å². The zero-order valence-electron chi connectivity index (χ0n) is 9.58. The van der Waals surface area contributed by atoms with E-state index in [-0.39, 0.29) is 11.5 Å². The van der Waals surface area contributed by atoms with Crippen LogP contribution >= 0.6 is 0 Å². The summed E-state index contributed by atoms with van der Waals surface area (Å²) in [5, 5.41) is 19.5. The van der Waals surface area contributed by atoms with Gasteiger partial charge in [-0.1, -0.05) is 26.2 Å². The maximum Gasteiger partial charge on any atom is 0.0835 e. The summed E-state index contributed by atoms with van der Waals surface area (Å²) in [4.78, 5) is 0. The van der Waals surface area contributed by atoms with Crippen molar-refractivity contribution < 1.29 is 5.11 Å². The highest BCUT2D eigenvalue weighted by molar-refractivity contribution is 5.10. The van der Waals surface area contributed by atoms with E-state index in [1.165, 1.54) is 12.8 Å². The highest BCUT2D eigenvalue weighted by atomic mass is 16.3. The predicted molar refractivity (Wildman–Crippen MR) is 59.0 cm³/mol. The van der Waals surface area contributed by atoms with Gasteiger partial charge in [-0.25, -0.2) is 0 Å². The van der Waals surface area contributed by atoms with E-state index in [1.54, 1.807) is 0 Å². The average Bonchev–Trinajstić information content (AvgIpc) is 2.17. The maximum atomic E-state index is 10.3. The van der Waals surface area contributed by atoms with Crippen molar-refractivity contribution in [1.29, 1.82) is 5.26 Å². The molecule has 84 valence electrons. The van der Waals surface area contributed by atoms with Crippen molar-refractivity contribution in [3.05, 3.63) is 0 Å². The van der Waals surface area contributed by atoms with Gasteiger partial charge in [-0.05, 0) is 37.5 Å². The number of nitrogens with zero attached hydrogens (tertiary/aromatic N) is 1. The highest BCUT2D eigenvalue weighted by Crippen LogP contribution is 2.48. The minimum atomic E-state index is -0.373. The number of rotatable bonds is 2. The minimum absolute atomic E-state index is 0.362. The van der Waals surface area contributed by atoms with E-state index in [1.807, 2.05) is 0 Å².